The first kappa shape index (κ1) is 26.7. The highest BCUT2D eigenvalue weighted by molar-refractivity contribution is 8.04. The molecule has 6 heteroatoms. The van der Waals surface area contributed by atoms with Gasteiger partial charge in [0.05, 0.1) is 10.6 Å². The van der Waals surface area contributed by atoms with E-state index in [1.165, 1.54) is 17.3 Å². The van der Waals surface area contributed by atoms with Gasteiger partial charge in [0, 0.05) is 24.5 Å². The maximum absolute atomic E-state index is 13.4. The lowest BCUT2D eigenvalue weighted by atomic mass is 10.2. The predicted molar refractivity (Wildman–Crippen MR) is 153 cm³/mol. The van der Waals surface area contributed by atoms with Crippen LogP contribution in [0.1, 0.15) is 37.3 Å². The van der Waals surface area contributed by atoms with Crippen LogP contribution in [0.15, 0.2) is 94.7 Å². The zero-order valence-electron chi connectivity index (χ0n) is 21.4. The number of amides is 2. The fourth-order valence-corrected chi connectivity index (χ4v) is 5.40. The lowest BCUT2D eigenvalue weighted by Crippen LogP contribution is -2.43. The number of benzene rings is 3. The number of hydrogen-bond donors (Lipinski definition) is 1. The van der Waals surface area contributed by atoms with Crippen LogP contribution in [0.3, 0.4) is 0 Å². The number of rotatable bonds is 12. The molecule has 2 amide bonds. The van der Waals surface area contributed by atoms with Crippen LogP contribution < -0.4 is 10.2 Å². The molecule has 37 heavy (non-hydrogen) atoms. The van der Waals surface area contributed by atoms with E-state index in [4.69, 9.17) is 0 Å². The van der Waals surface area contributed by atoms with Crippen molar-refractivity contribution in [3.63, 3.8) is 0 Å². The normalized spacial score (nSPS) is 14.2. The third-order valence-electron chi connectivity index (χ3n) is 6.28. The minimum Gasteiger partial charge on any atom is -0.355 e. The fraction of sp³-hybridized carbons (Fsp3) is 0.290. The first-order valence-corrected chi connectivity index (χ1v) is 13.8. The third kappa shape index (κ3) is 7.81. The van der Waals surface area contributed by atoms with E-state index in [0.29, 0.717) is 11.4 Å². The molecule has 0 fully saturated rings. The van der Waals surface area contributed by atoms with E-state index in [1.807, 2.05) is 66.7 Å². The van der Waals surface area contributed by atoms with E-state index in [-0.39, 0.29) is 18.4 Å². The van der Waals surface area contributed by atoms with Crippen LogP contribution in [0, 0.1) is 0 Å². The Hall–Kier alpha value is -3.35. The molecule has 0 saturated carbocycles. The second-order valence-corrected chi connectivity index (χ2v) is 10.3. The molecule has 1 aliphatic heterocycles. The summed E-state index contributed by atoms with van der Waals surface area (Å²) in [5, 5.41) is 3.04. The lowest BCUT2D eigenvalue weighted by Gasteiger charge is -2.30. The molecule has 0 radical (unpaired) electrons. The van der Waals surface area contributed by atoms with Crippen molar-refractivity contribution >= 4 is 35.3 Å². The van der Waals surface area contributed by atoms with Gasteiger partial charge in [0.25, 0.3) is 5.91 Å². The molecule has 4 rings (SSSR count). The number of thioether (sulfide) groups is 1. The zero-order valence-corrected chi connectivity index (χ0v) is 22.3. The summed E-state index contributed by atoms with van der Waals surface area (Å²) in [4.78, 5) is 31.9. The molecule has 0 unspecified atom stereocenters. The molecule has 1 aliphatic rings. The van der Waals surface area contributed by atoms with E-state index in [0.717, 1.165) is 55.0 Å². The molecule has 0 saturated heterocycles. The van der Waals surface area contributed by atoms with Crippen molar-refractivity contribution in [3.8, 4) is 0 Å². The largest absolute Gasteiger partial charge is 0.355 e. The Balaban J connectivity index is 1.34. The Morgan fingerprint density at radius 1 is 0.919 bits per heavy atom. The first-order chi connectivity index (χ1) is 18.1. The molecular formula is C31H35N3O2S. The summed E-state index contributed by atoms with van der Waals surface area (Å²) >= 11 is 1.46. The molecule has 0 spiro atoms. The maximum Gasteiger partial charge on any atom is 0.265 e. The molecule has 0 atom stereocenters. The summed E-state index contributed by atoms with van der Waals surface area (Å²) in [6, 6.07) is 28.1. The van der Waals surface area contributed by atoms with Gasteiger partial charge in [-0.15, -0.1) is 0 Å². The van der Waals surface area contributed by atoms with E-state index in [9.17, 15) is 9.59 Å². The van der Waals surface area contributed by atoms with Gasteiger partial charge in [-0.05, 0) is 48.7 Å². The number of anilines is 1. The van der Waals surface area contributed by atoms with E-state index < -0.39 is 0 Å². The third-order valence-corrected chi connectivity index (χ3v) is 7.36. The van der Waals surface area contributed by atoms with Gasteiger partial charge in [-0.3, -0.25) is 19.4 Å². The van der Waals surface area contributed by atoms with Gasteiger partial charge >= 0.3 is 0 Å². The van der Waals surface area contributed by atoms with E-state index in [2.05, 4.69) is 41.4 Å². The van der Waals surface area contributed by atoms with Gasteiger partial charge in [0.1, 0.15) is 6.54 Å². The molecule has 0 aromatic heterocycles. The lowest BCUT2D eigenvalue weighted by molar-refractivity contribution is -0.122. The average Bonchev–Trinajstić information content (AvgIpc) is 2.93. The number of hydrogen-bond acceptors (Lipinski definition) is 4. The molecule has 0 bridgehead atoms. The van der Waals surface area contributed by atoms with Crippen LogP contribution in [0.2, 0.25) is 0 Å². The highest BCUT2D eigenvalue weighted by Crippen LogP contribution is 2.41. The van der Waals surface area contributed by atoms with Crippen molar-refractivity contribution in [2.45, 2.75) is 37.6 Å². The van der Waals surface area contributed by atoms with Gasteiger partial charge in [-0.25, -0.2) is 0 Å². The molecule has 192 valence electrons. The van der Waals surface area contributed by atoms with Gasteiger partial charge in [0.2, 0.25) is 5.91 Å². The summed E-state index contributed by atoms with van der Waals surface area (Å²) in [5.41, 5.74) is 3.05. The highest BCUT2D eigenvalue weighted by Gasteiger charge is 2.30. The molecular weight excluding hydrogens is 478 g/mol. The predicted octanol–water partition coefficient (Wildman–Crippen LogP) is 5.98. The standard InChI is InChI=1S/C31H35N3O2S/c1-2-3-20-33(23-26-15-8-5-9-16-26)21-12-19-32-30(35)24-34-27-17-10-11-18-28(27)37-29(31(34)36)22-25-13-6-4-7-14-25/h4-11,13-18,22H,2-3,12,19-21,23-24H2,1H3,(H,32,35). The molecule has 5 nitrogen and oxygen atoms in total. The minimum atomic E-state index is -0.142. The Morgan fingerprint density at radius 2 is 1.59 bits per heavy atom. The van der Waals surface area contributed by atoms with Gasteiger partial charge in [-0.1, -0.05) is 97.9 Å². The van der Waals surface area contributed by atoms with Crippen molar-refractivity contribution in [2.75, 3.05) is 31.1 Å². The van der Waals surface area contributed by atoms with Gasteiger partial charge < -0.3 is 5.32 Å². The van der Waals surface area contributed by atoms with Crippen molar-refractivity contribution < 1.29 is 9.59 Å². The number of nitrogens with one attached hydrogen (secondary N) is 1. The van der Waals surface area contributed by atoms with Crippen molar-refractivity contribution in [1.82, 2.24) is 10.2 Å². The summed E-state index contributed by atoms with van der Waals surface area (Å²) in [6.07, 6.45) is 5.08. The molecule has 1 heterocycles. The monoisotopic (exact) mass is 513 g/mol. The number of fused-ring (bicyclic) bond motifs is 1. The van der Waals surface area contributed by atoms with Crippen LogP contribution in [0.5, 0.6) is 0 Å². The second kappa shape index (κ2) is 13.8. The SMILES string of the molecule is CCCCN(CCCNC(=O)CN1C(=O)C(=Cc2ccccc2)Sc2ccccc21)Cc1ccccc1. The quantitative estimate of drug-likeness (QED) is 0.239. The maximum atomic E-state index is 13.4. The summed E-state index contributed by atoms with van der Waals surface area (Å²) < 4.78 is 0. The summed E-state index contributed by atoms with van der Waals surface area (Å²) in [5.74, 6) is -0.284. The smallest absolute Gasteiger partial charge is 0.265 e. The zero-order chi connectivity index (χ0) is 25.9. The number of unbranched alkanes of at least 4 members (excludes halogenated alkanes) is 1. The molecule has 3 aromatic carbocycles. The number of carbonyl (C=O) groups excluding carboxylic acids is 2. The number of carbonyl (C=O) groups is 2. The van der Waals surface area contributed by atoms with Crippen LogP contribution >= 0.6 is 11.8 Å². The van der Waals surface area contributed by atoms with Crippen molar-refractivity contribution in [2.24, 2.45) is 0 Å². The van der Waals surface area contributed by atoms with Crippen molar-refractivity contribution in [1.29, 1.82) is 0 Å². The van der Waals surface area contributed by atoms with E-state index in [1.54, 1.807) is 4.90 Å². The topological polar surface area (TPSA) is 52.7 Å². The van der Waals surface area contributed by atoms with Crippen LogP contribution in [-0.2, 0) is 16.1 Å². The summed E-state index contributed by atoms with van der Waals surface area (Å²) in [6.45, 7) is 5.68. The Kier molecular flexibility index (Phi) is 9.97. The molecule has 3 aromatic rings. The van der Waals surface area contributed by atoms with Crippen LogP contribution in [0.4, 0.5) is 5.69 Å². The van der Waals surface area contributed by atoms with Gasteiger partial charge in [-0.2, -0.15) is 0 Å². The Bertz CT molecular complexity index is 1200. The van der Waals surface area contributed by atoms with Crippen LogP contribution in [0.25, 0.3) is 6.08 Å². The minimum absolute atomic E-state index is 0.00605. The Morgan fingerprint density at radius 3 is 2.35 bits per heavy atom. The average molecular weight is 514 g/mol. The van der Waals surface area contributed by atoms with Crippen molar-refractivity contribution in [3.05, 3.63) is 101 Å². The Labute approximate surface area is 224 Å². The second-order valence-electron chi connectivity index (χ2n) is 9.20. The van der Waals surface area contributed by atoms with Crippen LogP contribution in [-0.4, -0.2) is 42.9 Å². The first-order valence-electron chi connectivity index (χ1n) is 13.0. The van der Waals surface area contributed by atoms with Gasteiger partial charge in [0.15, 0.2) is 0 Å². The van der Waals surface area contributed by atoms with E-state index >= 15 is 0 Å². The molecule has 0 aliphatic carbocycles. The number of para-hydroxylation sites is 1. The highest BCUT2D eigenvalue weighted by atomic mass is 32.2. The fourth-order valence-electron chi connectivity index (χ4n) is 4.34. The summed E-state index contributed by atoms with van der Waals surface area (Å²) in [7, 11) is 0. The number of nitrogens with zero attached hydrogens (tertiary/aromatic N) is 2. The molecule has 1 N–H and O–H groups in total.